The van der Waals surface area contributed by atoms with E-state index in [1.807, 2.05) is 0 Å². The average molecular weight is 198 g/mol. The van der Waals surface area contributed by atoms with Gasteiger partial charge >= 0.3 is 0 Å². The zero-order chi connectivity index (χ0) is 10.6. The molecule has 1 rings (SSSR count). The van der Waals surface area contributed by atoms with E-state index in [1.165, 1.54) is 19.3 Å². The highest BCUT2D eigenvalue weighted by Gasteiger charge is 2.34. The number of hydrogen-bond donors (Lipinski definition) is 2. The van der Waals surface area contributed by atoms with E-state index in [1.54, 1.807) is 0 Å². The monoisotopic (exact) mass is 198 g/mol. The maximum Gasteiger partial charge on any atom is 0.221 e. The molecule has 2 atom stereocenters. The van der Waals surface area contributed by atoms with Crippen LogP contribution in [0.25, 0.3) is 0 Å². The topological polar surface area (TPSA) is 55.1 Å². The molecule has 3 nitrogen and oxygen atoms in total. The zero-order valence-corrected chi connectivity index (χ0v) is 9.31. The Labute approximate surface area is 86.4 Å². The number of rotatable bonds is 3. The van der Waals surface area contributed by atoms with Gasteiger partial charge in [0.1, 0.15) is 0 Å². The molecular formula is C11H22N2O. The molecule has 2 unspecified atom stereocenters. The van der Waals surface area contributed by atoms with E-state index in [4.69, 9.17) is 5.73 Å². The lowest BCUT2D eigenvalue weighted by Gasteiger charge is -2.40. The normalized spacial score (nSPS) is 32.6. The Bertz CT molecular complexity index is 205. The first kappa shape index (κ1) is 11.5. The Balaban J connectivity index is 2.50. The van der Waals surface area contributed by atoms with Crippen LogP contribution >= 0.6 is 0 Å². The minimum Gasteiger partial charge on any atom is -0.351 e. The van der Waals surface area contributed by atoms with Crippen LogP contribution in [-0.4, -0.2) is 18.0 Å². The third-order valence-electron chi connectivity index (χ3n) is 3.47. The van der Waals surface area contributed by atoms with Gasteiger partial charge in [0.2, 0.25) is 5.91 Å². The fourth-order valence-corrected chi connectivity index (χ4v) is 2.21. The Hall–Kier alpha value is -0.570. The summed E-state index contributed by atoms with van der Waals surface area (Å²) in [4.78, 5) is 11.5. The molecule has 0 heterocycles. The summed E-state index contributed by atoms with van der Waals surface area (Å²) in [5.41, 5.74) is 5.36. The molecule has 1 amide bonds. The van der Waals surface area contributed by atoms with Gasteiger partial charge in [0.25, 0.3) is 0 Å². The molecule has 1 fully saturated rings. The van der Waals surface area contributed by atoms with Gasteiger partial charge in [0, 0.05) is 18.5 Å². The second-order valence-electron chi connectivity index (χ2n) is 4.65. The quantitative estimate of drug-likeness (QED) is 0.720. The zero-order valence-electron chi connectivity index (χ0n) is 9.31. The Morgan fingerprint density at radius 1 is 1.57 bits per heavy atom. The van der Waals surface area contributed by atoms with Gasteiger partial charge in [-0.2, -0.15) is 0 Å². The summed E-state index contributed by atoms with van der Waals surface area (Å²) >= 11 is 0. The van der Waals surface area contributed by atoms with Crippen molar-refractivity contribution in [2.45, 2.75) is 51.5 Å². The number of amides is 1. The maximum absolute atomic E-state index is 11.5. The van der Waals surface area contributed by atoms with Crippen LogP contribution in [-0.2, 0) is 4.79 Å². The van der Waals surface area contributed by atoms with E-state index in [-0.39, 0.29) is 11.4 Å². The predicted octanol–water partition coefficient (Wildman–Crippen LogP) is 1.42. The summed E-state index contributed by atoms with van der Waals surface area (Å²) in [7, 11) is 0. The molecule has 82 valence electrons. The van der Waals surface area contributed by atoms with Gasteiger partial charge in [0.05, 0.1) is 0 Å². The number of nitrogens with one attached hydrogen (secondary N) is 1. The molecule has 0 aromatic heterocycles. The largest absolute Gasteiger partial charge is 0.351 e. The second kappa shape index (κ2) is 4.78. The van der Waals surface area contributed by atoms with E-state index in [0.717, 1.165) is 6.42 Å². The summed E-state index contributed by atoms with van der Waals surface area (Å²) in [5, 5.41) is 3.13. The lowest BCUT2D eigenvalue weighted by molar-refractivity contribution is -0.123. The molecule has 3 heteroatoms. The second-order valence-corrected chi connectivity index (χ2v) is 4.65. The van der Waals surface area contributed by atoms with E-state index < -0.39 is 0 Å². The molecule has 1 saturated carbocycles. The van der Waals surface area contributed by atoms with Crippen molar-refractivity contribution in [3.63, 3.8) is 0 Å². The molecule has 0 radical (unpaired) electrons. The number of hydrogen-bond acceptors (Lipinski definition) is 2. The first-order valence-electron chi connectivity index (χ1n) is 5.59. The molecule has 3 N–H and O–H groups in total. The Morgan fingerprint density at radius 2 is 2.29 bits per heavy atom. The summed E-state index contributed by atoms with van der Waals surface area (Å²) in [6, 6.07) is 0. The highest BCUT2D eigenvalue weighted by molar-refractivity contribution is 5.76. The summed E-state index contributed by atoms with van der Waals surface area (Å²) in [5.74, 6) is 0.682. The third kappa shape index (κ3) is 2.71. The highest BCUT2D eigenvalue weighted by atomic mass is 16.1. The Morgan fingerprint density at radius 3 is 2.86 bits per heavy atom. The first-order chi connectivity index (χ1) is 6.58. The van der Waals surface area contributed by atoms with E-state index in [0.29, 0.717) is 18.9 Å². The fourth-order valence-electron chi connectivity index (χ4n) is 2.21. The van der Waals surface area contributed by atoms with Crippen molar-refractivity contribution in [2.24, 2.45) is 11.7 Å². The minimum absolute atomic E-state index is 0.00447. The maximum atomic E-state index is 11.5. The van der Waals surface area contributed by atoms with Crippen LogP contribution in [0, 0.1) is 5.92 Å². The number of nitrogens with two attached hydrogens (primary N) is 1. The molecule has 1 aliphatic rings. The molecule has 0 aromatic rings. The van der Waals surface area contributed by atoms with Crippen molar-refractivity contribution < 1.29 is 4.79 Å². The van der Waals surface area contributed by atoms with Crippen LogP contribution in [0.1, 0.15) is 46.0 Å². The number of carbonyl (C=O) groups excluding carboxylic acids is 1. The van der Waals surface area contributed by atoms with Crippen LogP contribution in [0.2, 0.25) is 0 Å². The Kier molecular flexibility index (Phi) is 3.93. The predicted molar refractivity (Wildman–Crippen MR) is 57.9 cm³/mol. The summed E-state index contributed by atoms with van der Waals surface area (Å²) in [6.07, 6.45) is 5.29. The molecule has 0 saturated heterocycles. The third-order valence-corrected chi connectivity index (χ3v) is 3.47. The van der Waals surface area contributed by atoms with Gasteiger partial charge in [-0.15, -0.1) is 0 Å². The van der Waals surface area contributed by atoms with Gasteiger partial charge in [-0.25, -0.2) is 0 Å². The molecule has 1 aliphatic carbocycles. The molecule has 0 bridgehead atoms. The van der Waals surface area contributed by atoms with Gasteiger partial charge in [-0.1, -0.05) is 19.8 Å². The molecule has 0 aromatic carbocycles. The number of carbonyl (C=O) groups is 1. The lowest BCUT2D eigenvalue weighted by atomic mass is 9.75. The van der Waals surface area contributed by atoms with Crippen LogP contribution < -0.4 is 11.1 Å². The van der Waals surface area contributed by atoms with Crippen LogP contribution in [0.4, 0.5) is 0 Å². The lowest BCUT2D eigenvalue weighted by Crippen LogP contribution is -2.52. The van der Waals surface area contributed by atoms with Crippen molar-refractivity contribution in [3.05, 3.63) is 0 Å². The van der Waals surface area contributed by atoms with E-state index >= 15 is 0 Å². The van der Waals surface area contributed by atoms with Crippen molar-refractivity contribution in [1.29, 1.82) is 0 Å². The van der Waals surface area contributed by atoms with Crippen LogP contribution in [0.3, 0.4) is 0 Å². The van der Waals surface area contributed by atoms with Crippen molar-refractivity contribution >= 4 is 5.91 Å². The van der Waals surface area contributed by atoms with Gasteiger partial charge in [-0.3, -0.25) is 4.79 Å². The van der Waals surface area contributed by atoms with Crippen LogP contribution in [0.15, 0.2) is 0 Å². The first-order valence-corrected chi connectivity index (χ1v) is 5.59. The minimum atomic E-state index is 0.00447. The fraction of sp³-hybridized carbons (Fsp3) is 0.909. The van der Waals surface area contributed by atoms with Crippen molar-refractivity contribution in [2.75, 3.05) is 6.54 Å². The van der Waals surface area contributed by atoms with E-state index in [2.05, 4.69) is 19.2 Å². The molecule has 0 aliphatic heterocycles. The smallest absolute Gasteiger partial charge is 0.221 e. The van der Waals surface area contributed by atoms with Gasteiger partial charge < -0.3 is 11.1 Å². The van der Waals surface area contributed by atoms with Crippen molar-refractivity contribution in [1.82, 2.24) is 5.32 Å². The standard InChI is InChI=1S/C11H22N2O/c1-9-5-3-4-7-11(9,2)13-10(14)6-8-12/h9H,3-8,12H2,1-2H3,(H,13,14). The summed E-state index contributed by atoms with van der Waals surface area (Å²) in [6.45, 7) is 4.82. The van der Waals surface area contributed by atoms with Gasteiger partial charge in [0.15, 0.2) is 0 Å². The molecule has 14 heavy (non-hydrogen) atoms. The molecule has 0 spiro atoms. The van der Waals surface area contributed by atoms with Gasteiger partial charge in [-0.05, 0) is 25.7 Å². The molecular weight excluding hydrogens is 176 g/mol. The van der Waals surface area contributed by atoms with Crippen molar-refractivity contribution in [3.8, 4) is 0 Å². The average Bonchev–Trinajstić information content (AvgIpc) is 2.10. The van der Waals surface area contributed by atoms with Crippen LogP contribution in [0.5, 0.6) is 0 Å². The highest BCUT2D eigenvalue weighted by Crippen LogP contribution is 2.33. The summed E-state index contributed by atoms with van der Waals surface area (Å²) < 4.78 is 0. The van der Waals surface area contributed by atoms with E-state index in [9.17, 15) is 4.79 Å². The SMILES string of the molecule is CC1CCCCC1(C)NC(=O)CCN.